The first-order valence-corrected chi connectivity index (χ1v) is 7.83. The number of nitrogens with zero attached hydrogens (tertiary/aromatic N) is 1. The summed E-state index contributed by atoms with van der Waals surface area (Å²) in [7, 11) is -0.891. The van der Waals surface area contributed by atoms with E-state index in [1.807, 2.05) is 0 Å². The summed E-state index contributed by atoms with van der Waals surface area (Å²) in [4.78, 5) is 11.7. The average molecular weight is 316 g/mol. The second-order valence-electron chi connectivity index (χ2n) is 4.36. The third-order valence-corrected chi connectivity index (χ3v) is 4.61. The molecule has 1 amide bonds. The maximum atomic E-state index is 12.3. The minimum Gasteiger partial charge on any atom is -0.497 e. The molecule has 0 aliphatic heterocycles. The number of amides is 1. The SMILES string of the molecule is COc1ccc(S(=O)(=O)N(C)CC(=O)NCCCO)cc1. The van der Waals surface area contributed by atoms with Crippen molar-refractivity contribution in [3.05, 3.63) is 24.3 Å². The highest BCUT2D eigenvalue weighted by atomic mass is 32.2. The first-order chi connectivity index (χ1) is 9.91. The summed E-state index contributed by atoms with van der Waals surface area (Å²) < 4.78 is 30.5. The predicted octanol–water partition coefficient (Wildman–Crippen LogP) is -0.186. The summed E-state index contributed by atoms with van der Waals surface area (Å²) in [6, 6.07) is 5.94. The standard InChI is InChI=1S/C13H20N2O5S/c1-15(10-13(17)14-8-3-9-16)21(18,19)12-6-4-11(20-2)5-7-12/h4-7,16H,3,8-10H2,1-2H3,(H,14,17). The monoisotopic (exact) mass is 316 g/mol. The van der Waals surface area contributed by atoms with Crippen molar-refractivity contribution in [3.8, 4) is 5.75 Å². The number of hydrogen-bond donors (Lipinski definition) is 2. The van der Waals surface area contributed by atoms with Crippen molar-refractivity contribution in [1.29, 1.82) is 0 Å². The normalized spacial score (nSPS) is 11.4. The molecule has 0 atom stereocenters. The van der Waals surface area contributed by atoms with Crippen LogP contribution in [0.15, 0.2) is 29.2 Å². The lowest BCUT2D eigenvalue weighted by molar-refractivity contribution is -0.121. The number of carbonyl (C=O) groups excluding carboxylic acids is 1. The molecule has 0 spiro atoms. The summed E-state index contributed by atoms with van der Waals surface area (Å²) in [5.74, 6) is 0.140. The van der Waals surface area contributed by atoms with Gasteiger partial charge in [0.15, 0.2) is 0 Å². The molecule has 8 heteroatoms. The van der Waals surface area contributed by atoms with Crippen LogP contribution in [0.2, 0.25) is 0 Å². The smallest absolute Gasteiger partial charge is 0.243 e. The van der Waals surface area contributed by atoms with Crippen LogP contribution >= 0.6 is 0 Å². The lowest BCUT2D eigenvalue weighted by Gasteiger charge is -2.17. The van der Waals surface area contributed by atoms with Gasteiger partial charge in [-0.15, -0.1) is 0 Å². The number of methoxy groups -OCH3 is 1. The number of aliphatic hydroxyl groups is 1. The Morgan fingerprint density at radius 3 is 2.48 bits per heavy atom. The molecule has 0 saturated carbocycles. The Morgan fingerprint density at radius 2 is 1.95 bits per heavy atom. The van der Waals surface area contributed by atoms with Crippen LogP contribution in [0, 0.1) is 0 Å². The quantitative estimate of drug-likeness (QED) is 0.648. The number of rotatable bonds is 8. The van der Waals surface area contributed by atoms with E-state index in [1.165, 1.54) is 26.3 Å². The van der Waals surface area contributed by atoms with Gasteiger partial charge in [0, 0.05) is 20.2 Å². The first-order valence-electron chi connectivity index (χ1n) is 6.39. The van der Waals surface area contributed by atoms with Gasteiger partial charge in [-0.3, -0.25) is 4.79 Å². The molecule has 1 rings (SSSR count). The number of carbonyl (C=O) groups is 1. The van der Waals surface area contributed by atoms with Gasteiger partial charge >= 0.3 is 0 Å². The minimum atomic E-state index is -3.72. The zero-order valence-corrected chi connectivity index (χ0v) is 12.9. The molecule has 1 aromatic carbocycles. The summed E-state index contributed by atoms with van der Waals surface area (Å²) in [6.45, 7) is 0.00577. The average Bonchev–Trinajstić information content (AvgIpc) is 2.47. The number of likely N-dealkylation sites (N-methyl/N-ethyl adjacent to an activating group) is 1. The molecule has 0 fully saturated rings. The maximum Gasteiger partial charge on any atom is 0.243 e. The van der Waals surface area contributed by atoms with Gasteiger partial charge in [0.05, 0.1) is 18.6 Å². The fourth-order valence-electron chi connectivity index (χ4n) is 1.58. The fourth-order valence-corrected chi connectivity index (χ4v) is 2.70. The summed E-state index contributed by atoms with van der Waals surface area (Å²) in [5, 5.41) is 11.1. The summed E-state index contributed by atoms with van der Waals surface area (Å²) >= 11 is 0. The topological polar surface area (TPSA) is 95.9 Å². The van der Waals surface area contributed by atoms with Crippen LogP contribution in [0.3, 0.4) is 0 Å². The van der Waals surface area contributed by atoms with Gasteiger partial charge in [-0.1, -0.05) is 0 Å². The molecule has 2 N–H and O–H groups in total. The number of benzene rings is 1. The zero-order chi connectivity index (χ0) is 15.9. The van der Waals surface area contributed by atoms with Crippen LogP contribution in [-0.4, -0.2) is 57.6 Å². The highest BCUT2D eigenvalue weighted by molar-refractivity contribution is 7.89. The van der Waals surface area contributed by atoms with Crippen LogP contribution < -0.4 is 10.1 Å². The van der Waals surface area contributed by atoms with Crippen LogP contribution in [0.4, 0.5) is 0 Å². The van der Waals surface area contributed by atoms with E-state index in [0.717, 1.165) is 4.31 Å². The molecule has 7 nitrogen and oxygen atoms in total. The number of hydrogen-bond acceptors (Lipinski definition) is 5. The van der Waals surface area contributed by atoms with Gasteiger partial charge in [-0.2, -0.15) is 4.31 Å². The van der Waals surface area contributed by atoms with Crippen LogP contribution in [0.1, 0.15) is 6.42 Å². The Kier molecular flexibility index (Phi) is 6.60. The summed E-state index contributed by atoms with van der Waals surface area (Å²) in [6.07, 6.45) is 0.431. The van der Waals surface area contributed by atoms with Gasteiger partial charge < -0.3 is 15.2 Å². The lowest BCUT2D eigenvalue weighted by atomic mass is 10.3. The molecule has 0 aromatic heterocycles. The molecule has 0 bridgehead atoms. The van der Waals surface area contributed by atoms with E-state index in [9.17, 15) is 13.2 Å². The highest BCUT2D eigenvalue weighted by Crippen LogP contribution is 2.18. The Labute approximate surface area is 124 Å². The largest absolute Gasteiger partial charge is 0.497 e. The van der Waals surface area contributed by atoms with E-state index < -0.39 is 15.9 Å². The molecule has 0 radical (unpaired) electrons. The molecular weight excluding hydrogens is 296 g/mol. The molecule has 0 aliphatic rings. The number of sulfonamides is 1. The third kappa shape index (κ3) is 5.00. The van der Waals surface area contributed by atoms with Crippen molar-refractivity contribution in [3.63, 3.8) is 0 Å². The predicted molar refractivity (Wildman–Crippen MR) is 77.5 cm³/mol. The first kappa shape index (κ1) is 17.4. The Bertz CT molecular complexity index is 556. The van der Waals surface area contributed by atoms with E-state index in [4.69, 9.17) is 9.84 Å². The molecule has 0 heterocycles. The second-order valence-corrected chi connectivity index (χ2v) is 6.41. The van der Waals surface area contributed by atoms with Gasteiger partial charge in [-0.25, -0.2) is 8.42 Å². The molecule has 0 unspecified atom stereocenters. The molecule has 0 saturated heterocycles. The van der Waals surface area contributed by atoms with E-state index in [-0.39, 0.29) is 18.0 Å². The van der Waals surface area contributed by atoms with Gasteiger partial charge in [0.25, 0.3) is 0 Å². The van der Waals surface area contributed by atoms with Gasteiger partial charge in [-0.05, 0) is 30.7 Å². The Morgan fingerprint density at radius 1 is 1.33 bits per heavy atom. The van der Waals surface area contributed by atoms with Crippen LogP contribution in [0.5, 0.6) is 5.75 Å². The van der Waals surface area contributed by atoms with Crippen LogP contribution in [0.25, 0.3) is 0 Å². The van der Waals surface area contributed by atoms with E-state index in [2.05, 4.69) is 5.32 Å². The van der Waals surface area contributed by atoms with Crippen molar-refractivity contribution in [2.45, 2.75) is 11.3 Å². The van der Waals surface area contributed by atoms with Crippen molar-refractivity contribution in [2.24, 2.45) is 0 Å². The third-order valence-electron chi connectivity index (χ3n) is 2.79. The Hall–Kier alpha value is -1.64. The van der Waals surface area contributed by atoms with Crippen molar-refractivity contribution in [1.82, 2.24) is 9.62 Å². The molecule has 0 aliphatic carbocycles. The summed E-state index contributed by atoms with van der Waals surface area (Å²) in [5.41, 5.74) is 0. The molecular formula is C13H20N2O5S. The van der Waals surface area contributed by atoms with Crippen LogP contribution in [-0.2, 0) is 14.8 Å². The molecule has 118 valence electrons. The fraction of sp³-hybridized carbons (Fsp3) is 0.462. The number of ether oxygens (including phenoxy) is 1. The number of aliphatic hydroxyl groups excluding tert-OH is 1. The maximum absolute atomic E-state index is 12.3. The Balaban J connectivity index is 2.70. The van der Waals surface area contributed by atoms with E-state index >= 15 is 0 Å². The van der Waals surface area contributed by atoms with E-state index in [0.29, 0.717) is 18.7 Å². The van der Waals surface area contributed by atoms with Crippen molar-refractivity contribution in [2.75, 3.05) is 33.9 Å². The molecule has 1 aromatic rings. The van der Waals surface area contributed by atoms with Gasteiger partial charge in [0.2, 0.25) is 15.9 Å². The molecule has 21 heavy (non-hydrogen) atoms. The van der Waals surface area contributed by atoms with Crippen molar-refractivity contribution < 1.29 is 23.1 Å². The second kappa shape index (κ2) is 7.96. The van der Waals surface area contributed by atoms with E-state index in [1.54, 1.807) is 12.1 Å². The number of nitrogens with one attached hydrogen (secondary N) is 1. The lowest BCUT2D eigenvalue weighted by Crippen LogP contribution is -2.38. The zero-order valence-electron chi connectivity index (χ0n) is 12.1. The minimum absolute atomic E-state index is 0.0275. The highest BCUT2D eigenvalue weighted by Gasteiger charge is 2.22. The van der Waals surface area contributed by atoms with Crippen molar-refractivity contribution >= 4 is 15.9 Å². The van der Waals surface area contributed by atoms with Gasteiger partial charge in [0.1, 0.15) is 5.75 Å².